The molecule has 0 aliphatic heterocycles. The summed E-state index contributed by atoms with van der Waals surface area (Å²) < 4.78 is 4.87. The van der Waals surface area contributed by atoms with Crippen molar-refractivity contribution in [1.29, 1.82) is 0 Å². The highest BCUT2D eigenvalue weighted by molar-refractivity contribution is 6.37. The first-order valence-corrected chi connectivity index (χ1v) is 9.19. The van der Waals surface area contributed by atoms with Crippen molar-refractivity contribution in [3.05, 3.63) is 81.9 Å². The van der Waals surface area contributed by atoms with Gasteiger partial charge in [0, 0.05) is 10.4 Å². The summed E-state index contributed by atoms with van der Waals surface area (Å²) in [6.45, 7) is 4.12. The number of rotatable bonds is 4. The van der Waals surface area contributed by atoms with Gasteiger partial charge >= 0.3 is 5.97 Å². The van der Waals surface area contributed by atoms with Gasteiger partial charge in [0.05, 0.1) is 23.3 Å². The summed E-state index contributed by atoms with van der Waals surface area (Å²) in [6, 6.07) is 15.7. The summed E-state index contributed by atoms with van der Waals surface area (Å²) >= 11 is 6.02. The first kappa shape index (κ1) is 21.9. The van der Waals surface area contributed by atoms with E-state index < -0.39 is 11.8 Å². The summed E-state index contributed by atoms with van der Waals surface area (Å²) in [5, 5.41) is 1.55. The van der Waals surface area contributed by atoms with Crippen LogP contribution in [0.1, 0.15) is 43.6 Å². The Bertz CT molecular complexity index is 1080. The maximum absolute atomic E-state index is 11.4. The zero-order valence-electron chi connectivity index (χ0n) is 16.1. The molecule has 0 unspecified atom stereocenters. The molecule has 29 heavy (non-hydrogen) atoms. The smallest absolute Gasteiger partial charge is 0.338 e. The largest absolute Gasteiger partial charge is 0.462 e. The zero-order chi connectivity index (χ0) is 21.6. The molecule has 0 aliphatic rings. The average Bonchev–Trinajstić information content (AvgIpc) is 2.68. The number of nitrogens with two attached hydrogens (primary N) is 2. The molecule has 0 fully saturated rings. The van der Waals surface area contributed by atoms with Crippen LogP contribution in [-0.2, 0) is 4.74 Å². The van der Waals surface area contributed by atoms with E-state index in [4.69, 9.17) is 27.8 Å². The lowest BCUT2D eigenvalue weighted by molar-refractivity contribution is 0.0525. The van der Waals surface area contributed by atoms with Gasteiger partial charge in [-0.05, 0) is 36.9 Å². The number of amides is 2. The minimum atomic E-state index is -0.730. The summed E-state index contributed by atoms with van der Waals surface area (Å²) in [4.78, 5) is 33.9. The zero-order valence-corrected chi connectivity index (χ0v) is 16.8. The van der Waals surface area contributed by atoms with E-state index in [9.17, 15) is 14.4 Å². The quantitative estimate of drug-likeness (QED) is 0.633. The molecule has 7 heteroatoms. The molecule has 0 aliphatic carbocycles. The Morgan fingerprint density at radius 3 is 2.03 bits per heavy atom. The van der Waals surface area contributed by atoms with Crippen LogP contribution in [0.5, 0.6) is 0 Å². The molecular weight excluding hydrogens is 392 g/mol. The molecule has 2 amide bonds. The van der Waals surface area contributed by atoms with Crippen molar-refractivity contribution in [3.8, 4) is 0 Å². The number of carbonyl (C=O) groups is 3. The molecule has 0 saturated carbocycles. The highest BCUT2D eigenvalue weighted by Gasteiger charge is 2.18. The SMILES string of the molecule is CCOC(=O)c1ccccc1C.NC(=O)c1cc(Cl)c2ccccc2c1C(N)=O. The van der Waals surface area contributed by atoms with Gasteiger partial charge in [0.25, 0.3) is 0 Å². The van der Waals surface area contributed by atoms with Crippen LogP contribution in [-0.4, -0.2) is 24.4 Å². The predicted molar refractivity (Wildman–Crippen MR) is 113 cm³/mol. The highest BCUT2D eigenvalue weighted by Crippen LogP contribution is 2.29. The van der Waals surface area contributed by atoms with E-state index in [1.165, 1.54) is 6.07 Å². The third-order valence-corrected chi connectivity index (χ3v) is 4.46. The average molecular weight is 413 g/mol. The number of ether oxygens (including phenoxy) is 1. The van der Waals surface area contributed by atoms with Crippen LogP contribution in [0.2, 0.25) is 5.02 Å². The molecule has 0 aromatic heterocycles. The van der Waals surface area contributed by atoms with Gasteiger partial charge in [-0.3, -0.25) is 9.59 Å². The van der Waals surface area contributed by atoms with Crippen LogP contribution in [0.3, 0.4) is 0 Å². The summed E-state index contributed by atoms with van der Waals surface area (Å²) in [5.41, 5.74) is 12.2. The number of hydrogen-bond acceptors (Lipinski definition) is 4. The molecule has 0 heterocycles. The monoisotopic (exact) mass is 412 g/mol. The lowest BCUT2D eigenvalue weighted by Crippen LogP contribution is -2.21. The van der Waals surface area contributed by atoms with E-state index in [0.717, 1.165) is 5.56 Å². The second-order valence-corrected chi connectivity index (χ2v) is 6.50. The van der Waals surface area contributed by atoms with Gasteiger partial charge in [0.1, 0.15) is 0 Å². The van der Waals surface area contributed by atoms with E-state index in [1.54, 1.807) is 37.3 Å². The molecule has 0 spiro atoms. The second kappa shape index (κ2) is 9.71. The number of aryl methyl sites for hydroxylation is 1. The lowest BCUT2D eigenvalue weighted by atomic mass is 9.98. The maximum Gasteiger partial charge on any atom is 0.338 e. The normalized spacial score (nSPS) is 10.0. The molecule has 150 valence electrons. The fourth-order valence-electron chi connectivity index (χ4n) is 2.80. The Morgan fingerprint density at radius 2 is 1.48 bits per heavy atom. The third-order valence-electron chi connectivity index (χ3n) is 4.15. The van der Waals surface area contributed by atoms with E-state index in [2.05, 4.69) is 0 Å². The summed E-state index contributed by atoms with van der Waals surface area (Å²) in [5.74, 6) is -1.67. The topological polar surface area (TPSA) is 112 Å². The van der Waals surface area contributed by atoms with Gasteiger partial charge in [-0.2, -0.15) is 0 Å². The molecule has 3 aromatic carbocycles. The lowest BCUT2D eigenvalue weighted by Gasteiger charge is -2.09. The van der Waals surface area contributed by atoms with Crippen molar-refractivity contribution < 1.29 is 19.1 Å². The summed E-state index contributed by atoms with van der Waals surface area (Å²) in [7, 11) is 0. The number of carbonyl (C=O) groups excluding carboxylic acids is 3. The molecular formula is C22H21ClN2O4. The van der Waals surface area contributed by atoms with Gasteiger partial charge in [-0.15, -0.1) is 0 Å². The molecule has 0 bridgehead atoms. The number of halogens is 1. The Labute approximate surface area is 173 Å². The van der Waals surface area contributed by atoms with E-state index in [-0.39, 0.29) is 17.1 Å². The molecule has 6 nitrogen and oxygen atoms in total. The first-order valence-electron chi connectivity index (χ1n) is 8.81. The van der Waals surface area contributed by atoms with E-state index in [0.29, 0.717) is 28.0 Å². The molecule has 0 radical (unpaired) electrons. The third kappa shape index (κ3) is 5.12. The number of fused-ring (bicyclic) bond motifs is 1. The number of esters is 1. The molecule has 3 aromatic rings. The fraction of sp³-hybridized carbons (Fsp3) is 0.136. The maximum atomic E-state index is 11.4. The first-order chi connectivity index (χ1) is 13.8. The molecule has 3 rings (SSSR count). The van der Waals surface area contributed by atoms with Gasteiger partial charge in [-0.25, -0.2) is 4.79 Å². The Morgan fingerprint density at radius 1 is 0.897 bits per heavy atom. The molecule has 4 N–H and O–H groups in total. The standard InChI is InChI=1S/C12H9ClN2O2.C10H12O2/c13-9-5-8(11(14)16)10(12(15)17)7-4-2-1-3-6(7)9;1-3-12-10(11)9-7-5-4-6-8(9)2/h1-5H,(H2,14,16)(H2,15,17);4-7H,3H2,1-2H3. The van der Waals surface area contributed by atoms with Crippen LogP contribution < -0.4 is 11.5 Å². The van der Waals surface area contributed by atoms with E-state index in [1.807, 2.05) is 25.1 Å². The van der Waals surface area contributed by atoms with Crippen molar-refractivity contribution in [2.24, 2.45) is 11.5 Å². The number of hydrogen-bond donors (Lipinski definition) is 2. The van der Waals surface area contributed by atoms with Crippen LogP contribution in [0.15, 0.2) is 54.6 Å². The second-order valence-electron chi connectivity index (χ2n) is 6.09. The minimum absolute atomic E-state index is 0.0428. The summed E-state index contributed by atoms with van der Waals surface area (Å²) in [6.07, 6.45) is 0. The van der Waals surface area contributed by atoms with Crippen molar-refractivity contribution in [2.75, 3.05) is 6.61 Å². The van der Waals surface area contributed by atoms with E-state index >= 15 is 0 Å². The highest BCUT2D eigenvalue weighted by atomic mass is 35.5. The molecule has 0 saturated heterocycles. The van der Waals surface area contributed by atoms with Gasteiger partial charge in [0.2, 0.25) is 11.8 Å². The fourth-order valence-corrected chi connectivity index (χ4v) is 3.08. The van der Waals surface area contributed by atoms with Gasteiger partial charge in [0.15, 0.2) is 0 Å². The Balaban J connectivity index is 0.000000221. The van der Waals surface area contributed by atoms with Gasteiger partial charge in [-0.1, -0.05) is 54.1 Å². The van der Waals surface area contributed by atoms with Crippen LogP contribution in [0, 0.1) is 6.92 Å². The van der Waals surface area contributed by atoms with Crippen molar-refractivity contribution in [3.63, 3.8) is 0 Å². The van der Waals surface area contributed by atoms with Crippen LogP contribution in [0.4, 0.5) is 0 Å². The Kier molecular flexibility index (Phi) is 7.33. The Hall–Kier alpha value is -3.38. The molecule has 0 atom stereocenters. The number of primary amides is 2. The van der Waals surface area contributed by atoms with Crippen LogP contribution in [0.25, 0.3) is 10.8 Å². The van der Waals surface area contributed by atoms with Crippen molar-refractivity contribution >= 4 is 40.2 Å². The minimum Gasteiger partial charge on any atom is -0.462 e. The predicted octanol–water partition coefficient (Wildman–Crippen LogP) is 3.86. The number of benzene rings is 3. The van der Waals surface area contributed by atoms with Crippen molar-refractivity contribution in [1.82, 2.24) is 0 Å². The van der Waals surface area contributed by atoms with Crippen molar-refractivity contribution in [2.45, 2.75) is 13.8 Å². The van der Waals surface area contributed by atoms with Gasteiger partial charge < -0.3 is 16.2 Å². The van der Waals surface area contributed by atoms with Crippen LogP contribution >= 0.6 is 11.6 Å².